The molecule has 14 nitrogen and oxygen atoms in total. The van der Waals surface area contributed by atoms with E-state index in [9.17, 15) is 28.8 Å². The highest BCUT2D eigenvalue weighted by atomic mass is 32.1. The highest BCUT2D eigenvalue weighted by Gasteiger charge is 2.46. The Morgan fingerprint density at radius 2 is 1.66 bits per heavy atom. The molecular weight excluding hydrogens is 807 g/mol. The summed E-state index contributed by atoms with van der Waals surface area (Å²) >= 11 is 1.43. The number of amides is 6. The Hall–Kier alpha value is -6.71. The number of aromatic nitrogens is 1. The van der Waals surface area contributed by atoms with Gasteiger partial charge in [0.1, 0.15) is 18.4 Å². The summed E-state index contributed by atoms with van der Waals surface area (Å²) in [7, 11) is 0. The van der Waals surface area contributed by atoms with Gasteiger partial charge >= 0.3 is 0 Å². The summed E-state index contributed by atoms with van der Waals surface area (Å²) in [5.41, 5.74) is 7.49. The van der Waals surface area contributed by atoms with Crippen LogP contribution in [0, 0.1) is 13.8 Å². The molecule has 1 atom stereocenters. The van der Waals surface area contributed by atoms with Crippen LogP contribution in [0.3, 0.4) is 0 Å². The number of thiazole rings is 1. The van der Waals surface area contributed by atoms with Gasteiger partial charge in [-0.1, -0.05) is 42.5 Å². The van der Waals surface area contributed by atoms with Gasteiger partial charge in [-0.25, -0.2) is 4.98 Å². The molecule has 4 aliphatic rings. The zero-order valence-corrected chi connectivity index (χ0v) is 35.3. The SMILES string of the molecule is Cc1ccccc1C(=O)N1CCc2cc(-c3nc(NC(=O)Cc4cccc(OCCN5CCN(c6cccc7c6C(=O)N(C6CCC(=O)NC6=O)C7=O)CC5)c4)sc3C)ccc21. The van der Waals surface area contributed by atoms with Crippen LogP contribution >= 0.6 is 11.3 Å². The van der Waals surface area contributed by atoms with Gasteiger partial charge in [0.05, 0.1) is 28.9 Å². The van der Waals surface area contributed by atoms with Gasteiger partial charge < -0.3 is 19.9 Å². The maximum absolute atomic E-state index is 13.6. The number of benzene rings is 4. The van der Waals surface area contributed by atoms with Crippen molar-refractivity contribution >= 4 is 63.3 Å². The van der Waals surface area contributed by atoms with E-state index in [-0.39, 0.29) is 36.6 Å². The summed E-state index contributed by atoms with van der Waals surface area (Å²) in [6.45, 7) is 8.36. The number of ether oxygens (including phenoxy) is 1. The van der Waals surface area contributed by atoms with Crippen LogP contribution in [-0.4, -0.2) is 102 Å². The first-order valence-electron chi connectivity index (χ1n) is 20.8. The number of hydrogen-bond acceptors (Lipinski definition) is 11. The van der Waals surface area contributed by atoms with Crippen LogP contribution in [0.15, 0.2) is 84.9 Å². The number of nitrogens with zero attached hydrogens (tertiary/aromatic N) is 5. The number of fused-ring (bicyclic) bond motifs is 2. The van der Waals surface area contributed by atoms with Gasteiger partial charge in [-0.05, 0) is 85.8 Å². The summed E-state index contributed by atoms with van der Waals surface area (Å²) in [5, 5.41) is 5.75. The maximum Gasteiger partial charge on any atom is 0.264 e. The molecular formula is C47H45N7O7S. The van der Waals surface area contributed by atoms with E-state index in [1.165, 1.54) is 11.3 Å². The Balaban J connectivity index is 0.753. The van der Waals surface area contributed by atoms with Crippen LogP contribution in [0.5, 0.6) is 5.75 Å². The molecule has 6 amide bonds. The normalized spacial score (nSPS) is 17.6. The summed E-state index contributed by atoms with van der Waals surface area (Å²) < 4.78 is 6.12. The smallest absolute Gasteiger partial charge is 0.264 e. The fraction of sp³-hybridized carbons (Fsp3) is 0.298. The zero-order valence-electron chi connectivity index (χ0n) is 34.4. The van der Waals surface area contributed by atoms with Gasteiger partial charge in [-0.3, -0.25) is 43.9 Å². The van der Waals surface area contributed by atoms with E-state index in [4.69, 9.17) is 9.72 Å². The van der Waals surface area contributed by atoms with Crippen molar-refractivity contribution in [3.8, 4) is 17.0 Å². The summed E-state index contributed by atoms with van der Waals surface area (Å²) in [4.78, 5) is 90.7. The topological polar surface area (TPSA) is 162 Å². The Kier molecular flexibility index (Phi) is 11.1. The van der Waals surface area contributed by atoms with Crippen LogP contribution in [-0.2, 0) is 27.2 Å². The fourth-order valence-corrected chi connectivity index (χ4v) is 9.65. The highest BCUT2D eigenvalue weighted by molar-refractivity contribution is 7.16. The maximum atomic E-state index is 13.6. The standard InChI is InChI=1S/C47H45N7O7S/c1-28-7-3-4-10-34(28)44(58)53-18-17-31-27-32(13-14-36(31)53)42-29(2)62-47(50-42)49-40(56)26-30-8-5-9-33(25-30)61-24-23-51-19-21-52(22-20-51)37-12-6-11-35-41(37)46(60)54(45(35)59)38-15-16-39(55)48-43(38)57/h3-14,25,27,38H,15-24,26H2,1-2H3,(H,48,55,57)(H,49,50,56). The van der Waals surface area contributed by atoms with E-state index < -0.39 is 29.7 Å². The Labute approximate surface area is 362 Å². The quantitative estimate of drug-likeness (QED) is 0.165. The lowest BCUT2D eigenvalue weighted by molar-refractivity contribution is -0.136. The lowest BCUT2D eigenvalue weighted by Crippen LogP contribution is -2.54. The van der Waals surface area contributed by atoms with Crippen LogP contribution < -0.4 is 25.2 Å². The van der Waals surface area contributed by atoms with E-state index in [2.05, 4.69) is 26.5 Å². The van der Waals surface area contributed by atoms with E-state index >= 15 is 0 Å². The third-order valence-corrected chi connectivity index (χ3v) is 12.9. The van der Waals surface area contributed by atoms with Crippen molar-refractivity contribution in [2.75, 3.05) is 61.0 Å². The lowest BCUT2D eigenvalue weighted by Gasteiger charge is -2.36. The molecule has 0 spiro atoms. The number of anilines is 3. The van der Waals surface area contributed by atoms with Crippen LogP contribution in [0.4, 0.5) is 16.5 Å². The highest BCUT2D eigenvalue weighted by Crippen LogP contribution is 2.37. The second-order valence-corrected chi connectivity index (χ2v) is 17.2. The van der Waals surface area contributed by atoms with E-state index in [1.54, 1.807) is 12.1 Å². The molecule has 4 aliphatic heterocycles. The monoisotopic (exact) mass is 851 g/mol. The van der Waals surface area contributed by atoms with E-state index in [0.717, 1.165) is 49.8 Å². The number of imide groups is 2. The molecule has 5 heterocycles. The molecule has 316 valence electrons. The predicted molar refractivity (Wildman–Crippen MR) is 235 cm³/mol. The molecule has 4 aromatic carbocycles. The van der Waals surface area contributed by atoms with Crippen molar-refractivity contribution in [1.82, 2.24) is 20.1 Å². The largest absolute Gasteiger partial charge is 0.492 e. The average molecular weight is 852 g/mol. The van der Waals surface area contributed by atoms with Crippen molar-refractivity contribution in [1.29, 1.82) is 0 Å². The minimum Gasteiger partial charge on any atom is -0.492 e. The van der Waals surface area contributed by atoms with Crippen molar-refractivity contribution < 1.29 is 33.5 Å². The van der Waals surface area contributed by atoms with Crippen LogP contribution in [0.25, 0.3) is 11.3 Å². The second kappa shape index (κ2) is 17.0. The van der Waals surface area contributed by atoms with Gasteiger partial charge in [-0.15, -0.1) is 11.3 Å². The zero-order chi connectivity index (χ0) is 43.1. The molecule has 0 saturated carbocycles. The number of piperazine rings is 1. The van der Waals surface area contributed by atoms with Gasteiger partial charge in [0.25, 0.3) is 17.7 Å². The van der Waals surface area contributed by atoms with E-state index in [1.807, 2.05) is 85.5 Å². The lowest BCUT2D eigenvalue weighted by atomic mass is 10.0. The first-order valence-corrected chi connectivity index (χ1v) is 21.7. The van der Waals surface area contributed by atoms with Crippen molar-refractivity contribution in [3.63, 3.8) is 0 Å². The average Bonchev–Trinajstić information content (AvgIpc) is 3.93. The molecule has 15 heteroatoms. The van der Waals surface area contributed by atoms with Crippen molar-refractivity contribution in [3.05, 3.63) is 123 Å². The molecule has 2 fully saturated rings. The molecule has 2 saturated heterocycles. The number of carbonyl (C=O) groups is 6. The minimum absolute atomic E-state index is 0.00575. The molecule has 9 rings (SSSR count). The van der Waals surface area contributed by atoms with Gasteiger partial charge in [-0.2, -0.15) is 0 Å². The van der Waals surface area contributed by atoms with Crippen LogP contribution in [0.1, 0.15) is 65.5 Å². The van der Waals surface area contributed by atoms with Gasteiger partial charge in [0, 0.05) is 67.4 Å². The minimum atomic E-state index is -1.01. The Bertz CT molecular complexity index is 2650. The van der Waals surface area contributed by atoms with Crippen LogP contribution in [0.2, 0.25) is 0 Å². The molecule has 0 aliphatic carbocycles. The molecule has 0 radical (unpaired) electrons. The van der Waals surface area contributed by atoms with E-state index in [0.29, 0.717) is 73.6 Å². The summed E-state index contributed by atoms with van der Waals surface area (Å²) in [5.74, 6) is -1.57. The van der Waals surface area contributed by atoms with Crippen molar-refractivity contribution in [2.24, 2.45) is 0 Å². The fourth-order valence-electron chi connectivity index (χ4n) is 8.80. The molecule has 5 aromatic rings. The van der Waals surface area contributed by atoms with Crippen molar-refractivity contribution in [2.45, 2.75) is 45.6 Å². The Morgan fingerprint density at radius 3 is 2.47 bits per heavy atom. The molecule has 62 heavy (non-hydrogen) atoms. The first kappa shape index (κ1) is 40.7. The number of nitrogens with one attached hydrogen (secondary N) is 2. The second-order valence-electron chi connectivity index (χ2n) is 16.0. The first-order chi connectivity index (χ1) is 30.0. The number of carbonyl (C=O) groups excluding carboxylic acids is 6. The molecule has 1 unspecified atom stereocenters. The number of piperidine rings is 1. The number of aryl methyl sites for hydroxylation is 2. The molecule has 0 bridgehead atoms. The van der Waals surface area contributed by atoms with Gasteiger partial charge in [0.2, 0.25) is 17.7 Å². The molecule has 2 N–H and O–H groups in total. The third-order valence-electron chi connectivity index (χ3n) is 12.0. The van der Waals surface area contributed by atoms with Gasteiger partial charge in [0.15, 0.2) is 5.13 Å². The molecule has 1 aromatic heterocycles. The summed E-state index contributed by atoms with van der Waals surface area (Å²) in [6, 6.07) is 25.4. The summed E-state index contributed by atoms with van der Waals surface area (Å²) in [6.07, 6.45) is 1.09. The third kappa shape index (κ3) is 7.96. The Morgan fingerprint density at radius 1 is 0.855 bits per heavy atom. The predicted octanol–water partition coefficient (Wildman–Crippen LogP) is 5.41. The number of rotatable bonds is 11. The number of hydrogen-bond donors (Lipinski definition) is 2.